The van der Waals surface area contributed by atoms with Crippen LogP contribution >= 0.6 is 0 Å². The van der Waals surface area contributed by atoms with Crippen LogP contribution in [0.2, 0.25) is 0 Å². The monoisotopic (exact) mass is 788 g/mol. The molecular formula is C58H36N4. The van der Waals surface area contributed by atoms with Gasteiger partial charge in [0, 0.05) is 38.4 Å². The molecule has 12 rings (SSSR count). The number of pyridine rings is 1. The van der Waals surface area contributed by atoms with E-state index < -0.39 is 0 Å². The highest BCUT2D eigenvalue weighted by atomic mass is 15.0. The second kappa shape index (κ2) is 14.7. The highest BCUT2D eigenvalue weighted by Crippen LogP contribution is 2.40. The Morgan fingerprint density at radius 3 is 1.34 bits per heavy atom. The summed E-state index contributed by atoms with van der Waals surface area (Å²) in [4.78, 5) is 21.1. The quantitative estimate of drug-likeness (QED) is 0.158. The van der Waals surface area contributed by atoms with E-state index in [9.17, 15) is 0 Å². The zero-order chi connectivity index (χ0) is 41.0. The number of benzene rings is 10. The van der Waals surface area contributed by atoms with Crippen molar-refractivity contribution in [2.24, 2.45) is 0 Å². The minimum Gasteiger partial charge on any atom is -0.247 e. The van der Waals surface area contributed by atoms with E-state index in [0.29, 0.717) is 17.5 Å². The molecule has 0 spiro atoms. The summed E-state index contributed by atoms with van der Waals surface area (Å²) < 4.78 is 0. The van der Waals surface area contributed by atoms with Crippen LogP contribution in [0.5, 0.6) is 0 Å². The van der Waals surface area contributed by atoms with Gasteiger partial charge in [0.2, 0.25) is 0 Å². The fourth-order valence-corrected chi connectivity index (χ4v) is 8.91. The summed E-state index contributed by atoms with van der Waals surface area (Å²) in [6.07, 6.45) is 0. The average Bonchev–Trinajstić information content (AvgIpc) is 3.35. The number of nitrogens with zero attached hydrogens (tertiary/aromatic N) is 4. The lowest BCUT2D eigenvalue weighted by atomic mass is 9.92. The van der Waals surface area contributed by atoms with E-state index in [2.05, 4.69) is 218 Å². The molecule has 12 aromatic rings. The van der Waals surface area contributed by atoms with Crippen LogP contribution in [0, 0.1) is 0 Å². The Balaban J connectivity index is 1.08. The van der Waals surface area contributed by atoms with Crippen molar-refractivity contribution in [2.75, 3.05) is 0 Å². The number of aromatic nitrogens is 4. The number of hydrogen-bond acceptors (Lipinski definition) is 4. The summed E-state index contributed by atoms with van der Waals surface area (Å²) in [5.41, 5.74) is 10.1. The smallest absolute Gasteiger partial charge is 0.164 e. The lowest BCUT2D eigenvalue weighted by Gasteiger charge is -2.15. The van der Waals surface area contributed by atoms with Crippen molar-refractivity contribution in [3.63, 3.8) is 0 Å². The van der Waals surface area contributed by atoms with E-state index in [1.54, 1.807) is 0 Å². The van der Waals surface area contributed by atoms with Gasteiger partial charge in [0.05, 0.1) is 11.2 Å². The Bertz CT molecular complexity index is 3590. The molecule has 2 aromatic heterocycles. The largest absolute Gasteiger partial charge is 0.247 e. The lowest BCUT2D eigenvalue weighted by Crippen LogP contribution is -2.01. The highest BCUT2D eigenvalue weighted by Gasteiger charge is 2.18. The Morgan fingerprint density at radius 2 is 0.694 bits per heavy atom. The Morgan fingerprint density at radius 1 is 0.226 bits per heavy atom. The van der Waals surface area contributed by atoms with Crippen LogP contribution in [0.15, 0.2) is 218 Å². The van der Waals surface area contributed by atoms with E-state index in [4.69, 9.17) is 19.9 Å². The maximum atomic E-state index is 5.43. The predicted molar refractivity (Wildman–Crippen MR) is 258 cm³/mol. The first-order valence-corrected chi connectivity index (χ1v) is 20.9. The summed E-state index contributed by atoms with van der Waals surface area (Å²) in [6, 6.07) is 77.2. The second-order valence-electron chi connectivity index (χ2n) is 15.9. The van der Waals surface area contributed by atoms with Crippen LogP contribution in [-0.4, -0.2) is 19.9 Å². The molecule has 4 heteroatoms. The third kappa shape index (κ3) is 6.34. The van der Waals surface area contributed by atoms with Gasteiger partial charge in [0.1, 0.15) is 0 Å². The molecule has 0 radical (unpaired) electrons. The Hall–Kier alpha value is -8.34. The standard InChI is InChI=1S/C58H36N4/c1-3-13-37(14-4-1)47-33-48(44-28-29-51-53(36-44)59-55(41-18-5-2-6-19-41)52-30-27-40-17-11-12-22-50(40)54(51)52)35-49(34-47)58-61-56(45-25-23-38-15-7-9-20-42(38)31-45)60-57(62-58)46-26-24-39-16-8-10-21-43(39)32-46/h1-36H. The highest BCUT2D eigenvalue weighted by molar-refractivity contribution is 6.22. The van der Waals surface area contributed by atoms with Gasteiger partial charge in [0.15, 0.2) is 17.5 Å². The van der Waals surface area contributed by atoms with Crippen LogP contribution in [0.25, 0.3) is 122 Å². The van der Waals surface area contributed by atoms with Crippen LogP contribution in [-0.2, 0) is 0 Å². The zero-order valence-corrected chi connectivity index (χ0v) is 33.6. The molecule has 4 nitrogen and oxygen atoms in total. The summed E-state index contributed by atoms with van der Waals surface area (Å²) >= 11 is 0. The molecule has 0 unspecified atom stereocenters. The maximum Gasteiger partial charge on any atom is 0.164 e. The molecule has 0 aliphatic heterocycles. The van der Waals surface area contributed by atoms with Gasteiger partial charge in [-0.25, -0.2) is 19.9 Å². The third-order valence-electron chi connectivity index (χ3n) is 12.0. The van der Waals surface area contributed by atoms with Crippen molar-refractivity contribution in [2.45, 2.75) is 0 Å². The fourth-order valence-electron chi connectivity index (χ4n) is 8.91. The molecule has 62 heavy (non-hydrogen) atoms. The predicted octanol–water partition coefficient (Wildman–Crippen LogP) is 15.0. The van der Waals surface area contributed by atoms with Gasteiger partial charge < -0.3 is 0 Å². The zero-order valence-electron chi connectivity index (χ0n) is 33.6. The van der Waals surface area contributed by atoms with Crippen molar-refractivity contribution in [3.05, 3.63) is 218 Å². The van der Waals surface area contributed by atoms with Gasteiger partial charge >= 0.3 is 0 Å². The first-order valence-electron chi connectivity index (χ1n) is 20.9. The van der Waals surface area contributed by atoms with Gasteiger partial charge in [-0.2, -0.15) is 0 Å². The van der Waals surface area contributed by atoms with Gasteiger partial charge in [-0.3, -0.25) is 0 Å². The Labute approximate surface area is 358 Å². The van der Waals surface area contributed by atoms with E-state index >= 15 is 0 Å². The van der Waals surface area contributed by atoms with E-state index in [-0.39, 0.29) is 0 Å². The van der Waals surface area contributed by atoms with Crippen molar-refractivity contribution in [3.8, 4) is 67.7 Å². The summed E-state index contributed by atoms with van der Waals surface area (Å²) in [7, 11) is 0. The fraction of sp³-hybridized carbons (Fsp3) is 0. The molecule has 288 valence electrons. The van der Waals surface area contributed by atoms with Crippen LogP contribution in [0.3, 0.4) is 0 Å². The maximum absolute atomic E-state index is 5.43. The van der Waals surface area contributed by atoms with Crippen LogP contribution in [0.4, 0.5) is 0 Å². The van der Waals surface area contributed by atoms with Crippen molar-refractivity contribution in [1.82, 2.24) is 19.9 Å². The molecule has 2 heterocycles. The van der Waals surface area contributed by atoms with E-state index in [1.165, 1.54) is 26.9 Å². The minimum atomic E-state index is 0.605. The van der Waals surface area contributed by atoms with Crippen molar-refractivity contribution < 1.29 is 0 Å². The average molecular weight is 789 g/mol. The second-order valence-corrected chi connectivity index (χ2v) is 15.9. The van der Waals surface area contributed by atoms with Gasteiger partial charge in [-0.15, -0.1) is 0 Å². The first kappa shape index (κ1) is 35.6. The number of hydrogen-bond donors (Lipinski definition) is 0. The van der Waals surface area contributed by atoms with Crippen LogP contribution in [0.1, 0.15) is 0 Å². The molecule has 0 amide bonds. The minimum absolute atomic E-state index is 0.605. The van der Waals surface area contributed by atoms with Gasteiger partial charge in [-0.05, 0) is 91.0 Å². The molecule has 10 aromatic carbocycles. The lowest BCUT2D eigenvalue weighted by molar-refractivity contribution is 1.08. The molecule has 0 aliphatic rings. The molecule has 0 aliphatic carbocycles. The van der Waals surface area contributed by atoms with E-state index in [0.717, 1.165) is 77.3 Å². The molecule has 0 saturated carbocycles. The first-order chi connectivity index (χ1) is 30.7. The van der Waals surface area contributed by atoms with E-state index in [1.807, 2.05) is 0 Å². The molecule has 0 saturated heterocycles. The molecule has 0 bridgehead atoms. The Kier molecular flexibility index (Phi) is 8.46. The van der Waals surface area contributed by atoms with Crippen molar-refractivity contribution in [1.29, 1.82) is 0 Å². The summed E-state index contributed by atoms with van der Waals surface area (Å²) in [6.45, 7) is 0. The SMILES string of the molecule is c1ccc(-c2cc(-c3ccc4c(c3)nc(-c3ccccc3)c3ccc5ccccc5c34)cc(-c3nc(-c4ccc5ccccc5c4)nc(-c4ccc5ccccc5c4)n3)c2)cc1. The third-order valence-corrected chi connectivity index (χ3v) is 12.0. The normalized spacial score (nSPS) is 11.5. The van der Waals surface area contributed by atoms with Crippen molar-refractivity contribution >= 4 is 54.0 Å². The summed E-state index contributed by atoms with van der Waals surface area (Å²) in [5.74, 6) is 1.85. The van der Waals surface area contributed by atoms with Crippen LogP contribution < -0.4 is 0 Å². The van der Waals surface area contributed by atoms with Gasteiger partial charge in [0.25, 0.3) is 0 Å². The molecular weight excluding hydrogens is 753 g/mol. The molecule has 0 N–H and O–H groups in total. The van der Waals surface area contributed by atoms with Gasteiger partial charge in [-0.1, -0.05) is 182 Å². The summed E-state index contributed by atoms with van der Waals surface area (Å²) in [5, 5.41) is 10.5. The number of fused-ring (bicyclic) bond motifs is 7. The number of rotatable bonds is 6. The molecule has 0 fully saturated rings. The molecule has 0 atom stereocenters. The topological polar surface area (TPSA) is 51.6 Å².